The molecular formula is C31H36FN3O5S. The molecule has 10 heteroatoms. The van der Waals surface area contributed by atoms with E-state index >= 15 is 0 Å². The first-order valence-electron chi connectivity index (χ1n) is 13.7. The van der Waals surface area contributed by atoms with E-state index in [4.69, 9.17) is 4.74 Å². The minimum absolute atomic E-state index is 0.0137. The van der Waals surface area contributed by atoms with Crippen molar-refractivity contribution in [3.05, 3.63) is 90.2 Å². The number of para-hydroxylation sites is 1. The second-order valence-corrected chi connectivity index (χ2v) is 12.3. The van der Waals surface area contributed by atoms with Gasteiger partial charge in [0.15, 0.2) is 0 Å². The number of rotatable bonds is 11. The summed E-state index contributed by atoms with van der Waals surface area (Å²) >= 11 is 0. The maximum absolute atomic E-state index is 13.7. The summed E-state index contributed by atoms with van der Waals surface area (Å²) in [5, 5.41) is 3.05. The maximum Gasteiger partial charge on any atom is 0.244 e. The van der Waals surface area contributed by atoms with E-state index in [0.717, 1.165) is 42.7 Å². The molecule has 1 aliphatic carbocycles. The number of carbonyl (C=O) groups excluding carboxylic acids is 2. The van der Waals surface area contributed by atoms with Gasteiger partial charge in [0.1, 0.15) is 29.9 Å². The predicted octanol–water partition coefficient (Wildman–Crippen LogP) is 5.25. The molecule has 2 amide bonds. The average Bonchev–Trinajstić information content (AvgIpc) is 2.96. The predicted molar refractivity (Wildman–Crippen MR) is 157 cm³/mol. The fourth-order valence-corrected chi connectivity index (χ4v) is 5.71. The quantitative estimate of drug-likeness (QED) is 0.334. The molecule has 1 aliphatic rings. The number of benzene rings is 3. The van der Waals surface area contributed by atoms with E-state index in [-0.39, 0.29) is 24.2 Å². The Labute approximate surface area is 241 Å². The van der Waals surface area contributed by atoms with Gasteiger partial charge in [-0.2, -0.15) is 0 Å². The molecule has 0 radical (unpaired) electrons. The second-order valence-electron chi connectivity index (χ2n) is 10.3. The highest BCUT2D eigenvalue weighted by Crippen LogP contribution is 2.26. The molecule has 1 fully saturated rings. The first-order chi connectivity index (χ1) is 19.6. The SMILES string of the molecule is CC(C(=O)NC1CCCCC1)N(Cc1ccc(F)cc1)C(=O)CN(c1ccc(Oc2ccccc2)cc1)S(C)(=O)=O. The van der Waals surface area contributed by atoms with Crippen LogP contribution in [0.2, 0.25) is 0 Å². The molecule has 3 aromatic rings. The lowest BCUT2D eigenvalue weighted by atomic mass is 9.95. The summed E-state index contributed by atoms with van der Waals surface area (Å²) in [6.07, 6.45) is 6.01. The van der Waals surface area contributed by atoms with Crippen molar-refractivity contribution in [3.63, 3.8) is 0 Å². The number of halogens is 1. The van der Waals surface area contributed by atoms with Gasteiger partial charge < -0.3 is 15.0 Å². The number of anilines is 1. The van der Waals surface area contributed by atoms with Crippen LogP contribution in [0.4, 0.5) is 10.1 Å². The second kappa shape index (κ2) is 13.6. The van der Waals surface area contributed by atoms with Crippen molar-refractivity contribution in [3.8, 4) is 11.5 Å². The number of amides is 2. The third-order valence-corrected chi connectivity index (χ3v) is 8.31. The van der Waals surface area contributed by atoms with Crippen LogP contribution < -0.4 is 14.4 Å². The van der Waals surface area contributed by atoms with Crippen LogP contribution in [0, 0.1) is 5.82 Å². The summed E-state index contributed by atoms with van der Waals surface area (Å²) < 4.78 is 46.0. The normalized spacial score (nSPS) is 14.6. The molecule has 4 rings (SSSR count). The fraction of sp³-hybridized carbons (Fsp3) is 0.355. The Kier molecular flexibility index (Phi) is 9.99. The summed E-state index contributed by atoms with van der Waals surface area (Å²) in [4.78, 5) is 28.3. The third-order valence-electron chi connectivity index (χ3n) is 7.17. The number of nitrogens with one attached hydrogen (secondary N) is 1. The summed E-state index contributed by atoms with van der Waals surface area (Å²) in [6, 6.07) is 20.4. The van der Waals surface area contributed by atoms with Crippen LogP contribution >= 0.6 is 0 Å². The summed E-state index contributed by atoms with van der Waals surface area (Å²) in [7, 11) is -3.87. The number of sulfonamides is 1. The zero-order valence-corrected chi connectivity index (χ0v) is 24.1. The molecule has 0 heterocycles. The molecule has 1 atom stereocenters. The van der Waals surface area contributed by atoms with Crippen molar-refractivity contribution in [2.24, 2.45) is 0 Å². The lowest BCUT2D eigenvalue weighted by molar-refractivity contribution is -0.139. The zero-order chi connectivity index (χ0) is 29.4. The van der Waals surface area contributed by atoms with E-state index in [9.17, 15) is 22.4 Å². The van der Waals surface area contributed by atoms with Gasteiger partial charge in [0.05, 0.1) is 11.9 Å². The van der Waals surface area contributed by atoms with Crippen LogP contribution in [-0.4, -0.2) is 50.0 Å². The lowest BCUT2D eigenvalue weighted by Crippen LogP contribution is -2.52. The van der Waals surface area contributed by atoms with Gasteiger partial charge in [-0.15, -0.1) is 0 Å². The molecule has 218 valence electrons. The number of ether oxygens (including phenoxy) is 1. The Bertz CT molecular complexity index is 1410. The fourth-order valence-electron chi connectivity index (χ4n) is 4.86. The smallest absolute Gasteiger partial charge is 0.244 e. The van der Waals surface area contributed by atoms with Crippen molar-refractivity contribution in [1.82, 2.24) is 10.2 Å². The van der Waals surface area contributed by atoms with Crippen molar-refractivity contribution in [2.45, 2.75) is 57.7 Å². The molecule has 1 saturated carbocycles. The van der Waals surface area contributed by atoms with Gasteiger partial charge in [-0.3, -0.25) is 13.9 Å². The topological polar surface area (TPSA) is 96.0 Å². The summed E-state index contributed by atoms with van der Waals surface area (Å²) in [5.41, 5.74) is 0.896. The molecule has 0 bridgehead atoms. The molecule has 41 heavy (non-hydrogen) atoms. The van der Waals surface area contributed by atoms with E-state index in [1.165, 1.54) is 17.0 Å². The van der Waals surface area contributed by atoms with Crippen molar-refractivity contribution < 1.29 is 27.1 Å². The van der Waals surface area contributed by atoms with Crippen molar-refractivity contribution in [1.29, 1.82) is 0 Å². The molecule has 1 N–H and O–H groups in total. The van der Waals surface area contributed by atoms with Gasteiger partial charge in [0, 0.05) is 12.6 Å². The standard InChI is InChI=1S/C31H36FN3O5S/c1-23(31(37)33-26-9-5-3-6-10-26)34(21-24-13-15-25(32)16-14-24)30(36)22-35(41(2,38)39)27-17-19-29(20-18-27)40-28-11-7-4-8-12-28/h4,7-8,11-20,23,26H,3,5-6,9-10,21-22H2,1-2H3,(H,33,37). The molecule has 1 unspecified atom stereocenters. The van der Waals surface area contributed by atoms with Gasteiger partial charge >= 0.3 is 0 Å². The van der Waals surface area contributed by atoms with Crippen LogP contribution in [0.15, 0.2) is 78.9 Å². The monoisotopic (exact) mass is 581 g/mol. The molecule has 0 saturated heterocycles. The highest BCUT2D eigenvalue weighted by atomic mass is 32.2. The molecule has 0 spiro atoms. The van der Waals surface area contributed by atoms with Crippen molar-refractivity contribution in [2.75, 3.05) is 17.1 Å². The molecule has 8 nitrogen and oxygen atoms in total. The van der Waals surface area contributed by atoms with Crippen molar-refractivity contribution >= 4 is 27.5 Å². The molecule has 0 aliphatic heterocycles. The molecule has 0 aromatic heterocycles. The Morgan fingerprint density at radius 1 is 0.927 bits per heavy atom. The van der Waals surface area contributed by atoms with Crippen LogP contribution in [0.5, 0.6) is 11.5 Å². The Balaban J connectivity index is 1.54. The van der Waals surface area contributed by atoms with Crippen LogP contribution in [0.1, 0.15) is 44.6 Å². The van der Waals surface area contributed by atoms with Crippen LogP contribution in [0.25, 0.3) is 0 Å². The van der Waals surface area contributed by atoms with E-state index in [0.29, 0.717) is 17.1 Å². The number of nitrogens with zero attached hydrogens (tertiary/aromatic N) is 2. The number of hydrogen-bond acceptors (Lipinski definition) is 5. The largest absolute Gasteiger partial charge is 0.457 e. The van der Waals surface area contributed by atoms with Gasteiger partial charge in [0.2, 0.25) is 21.8 Å². The van der Waals surface area contributed by atoms with Gasteiger partial charge in [-0.1, -0.05) is 49.6 Å². The van der Waals surface area contributed by atoms with Gasteiger partial charge in [0.25, 0.3) is 0 Å². The first kappa shape index (κ1) is 30.0. The van der Waals surface area contributed by atoms with Crippen LogP contribution in [0.3, 0.4) is 0 Å². The van der Waals surface area contributed by atoms with E-state index in [2.05, 4.69) is 5.32 Å². The van der Waals surface area contributed by atoms with E-state index in [1.807, 2.05) is 18.2 Å². The van der Waals surface area contributed by atoms with Gasteiger partial charge in [-0.25, -0.2) is 12.8 Å². The third kappa shape index (κ3) is 8.53. The number of carbonyl (C=O) groups is 2. The minimum Gasteiger partial charge on any atom is -0.457 e. The first-order valence-corrected chi connectivity index (χ1v) is 15.6. The molecular weight excluding hydrogens is 545 g/mol. The van der Waals surface area contributed by atoms with Gasteiger partial charge in [-0.05, 0) is 73.9 Å². The highest BCUT2D eigenvalue weighted by molar-refractivity contribution is 7.92. The van der Waals surface area contributed by atoms with E-state index < -0.39 is 34.3 Å². The minimum atomic E-state index is -3.87. The number of hydrogen-bond donors (Lipinski definition) is 1. The lowest BCUT2D eigenvalue weighted by Gasteiger charge is -2.33. The maximum atomic E-state index is 13.7. The Morgan fingerprint density at radius 3 is 2.15 bits per heavy atom. The summed E-state index contributed by atoms with van der Waals surface area (Å²) in [6.45, 7) is 1.12. The zero-order valence-electron chi connectivity index (χ0n) is 23.3. The van der Waals surface area contributed by atoms with E-state index in [1.54, 1.807) is 55.5 Å². The van der Waals surface area contributed by atoms with Crippen LogP contribution in [-0.2, 0) is 26.2 Å². The Hall–Kier alpha value is -3.92. The average molecular weight is 582 g/mol. The molecule has 3 aromatic carbocycles. The Morgan fingerprint density at radius 2 is 1.54 bits per heavy atom. The summed E-state index contributed by atoms with van der Waals surface area (Å²) in [5.74, 6) is -0.146. The highest BCUT2D eigenvalue weighted by Gasteiger charge is 2.31.